The molecule has 2 heterocycles. The highest BCUT2D eigenvalue weighted by atomic mass is 79.9. The molecule has 1 aliphatic rings. The maximum Gasteiger partial charge on any atom is 0.335 e. The molecular weight excluding hydrogens is 504 g/mol. The molecular formula is C22H14BrClN2O4S. The minimum atomic E-state index is -0.791. The SMILES string of the molecule is Cc1ccccc1N1C(=O)NC(=O)/C(=C/c2cc(Br)c(Sc3ccc(Cl)cc3)o2)C1=O. The summed E-state index contributed by atoms with van der Waals surface area (Å²) in [5, 5.41) is 3.38. The van der Waals surface area contributed by atoms with E-state index in [9.17, 15) is 14.4 Å². The van der Waals surface area contributed by atoms with Crippen molar-refractivity contribution < 1.29 is 18.8 Å². The fourth-order valence-electron chi connectivity index (χ4n) is 2.95. The number of furan rings is 1. The number of halogens is 2. The summed E-state index contributed by atoms with van der Waals surface area (Å²) >= 11 is 10.7. The number of hydrogen-bond donors (Lipinski definition) is 1. The van der Waals surface area contributed by atoms with E-state index in [0.717, 1.165) is 15.4 Å². The first-order chi connectivity index (χ1) is 14.8. The topological polar surface area (TPSA) is 79.6 Å². The zero-order valence-corrected chi connectivity index (χ0v) is 19.2. The van der Waals surface area contributed by atoms with E-state index < -0.39 is 17.8 Å². The predicted molar refractivity (Wildman–Crippen MR) is 122 cm³/mol. The Balaban J connectivity index is 1.65. The lowest BCUT2D eigenvalue weighted by Gasteiger charge is -2.27. The highest BCUT2D eigenvalue weighted by molar-refractivity contribution is 9.10. The molecule has 3 aromatic rings. The molecule has 0 saturated carbocycles. The van der Waals surface area contributed by atoms with E-state index in [-0.39, 0.29) is 5.57 Å². The summed E-state index contributed by atoms with van der Waals surface area (Å²) in [5.41, 5.74) is 0.928. The lowest BCUT2D eigenvalue weighted by atomic mass is 10.1. The molecule has 9 heteroatoms. The number of imide groups is 2. The molecule has 31 heavy (non-hydrogen) atoms. The van der Waals surface area contributed by atoms with Crippen molar-refractivity contribution in [1.29, 1.82) is 0 Å². The summed E-state index contributed by atoms with van der Waals surface area (Å²) in [7, 11) is 0. The number of carbonyl (C=O) groups is 3. The number of nitrogens with zero attached hydrogens (tertiary/aromatic N) is 1. The number of aryl methyl sites for hydroxylation is 1. The quantitative estimate of drug-likeness (QED) is 0.348. The van der Waals surface area contributed by atoms with Gasteiger partial charge in [-0.1, -0.05) is 41.6 Å². The van der Waals surface area contributed by atoms with Crippen molar-refractivity contribution in [3.05, 3.63) is 81.0 Å². The lowest BCUT2D eigenvalue weighted by molar-refractivity contribution is -0.122. The Morgan fingerprint density at radius 2 is 1.81 bits per heavy atom. The van der Waals surface area contributed by atoms with Gasteiger partial charge in [0.2, 0.25) is 0 Å². The average molecular weight is 518 g/mol. The molecule has 1 saturated heterocycles. The van der Waals surface area contributed by atoms with E-state index >= 15 is 0 Å². The zero-order chi connectivity index (χ0) is 22.1. The number of nitrogens with one attached hydrogen (secondary N) is 1. The van der Waals surface area contributed by atoms with Crippen molar-refractivity contribution in [2.75, 3.05) is 4.90 Å². The van der Waals surface area contributed by atoms with Crippen molar-refractivity contribution >= 4 is 68.9 Å². The standard InChI is InChI=1S/C22H14BrClN2O4S/c1-12-4-2-3-5-18(12)26-20(28)16(19(27)25-22(26)29)10-14-11-17(23)21(30-14)31-15-8-6-13(24)7-9-15/h2-11H,1H3,(H,25,27,29)/b16-10-. The number of para-hydroxylation sites is 1. The Labute approximate surface area is 195 Å². The second-order valence-corrected chi connectivity index (χ2v) is 8.92. The molecule has 0 aliphatic carbocycles. The third-order valence-corrected chi connectivity index (χ3v) is 6.54. The van der Waals surface area contributed by atoms with Crippen LogP contribution in [0.3, 0.4) is 0 Å². The van der Waals surface area contributed by atoms with Crippen LogP contribution in [0.5, 0.6) is 0 Å². The van der Waals surface area contributed by atoms with Crippen molar-refractivity contribution in [1.82, 2.24) is 5.32 Å². The van der Waals surface area contributed by atoms with Crippen molar-refractivity contribution in [3.63, 3.8) is 0 Å². The van der Waals surface area contributed by atoms with Gasteiger partial charge in [0.1, 0.15) is 11.3 Å². The summed E-state index contributed by atoms with van der Waals surface area (Å²) in [6.07, 6.45) is 1.33. The molecule has 1 N–H and O–H groups in total. The lowest BCUT2D eigenvalue weighted by Crippen LogP contribution is -2.54. The van der Waals surface area contributed by atoms with Crippen LogP contribution in [0.15, 0.2) is 79.0 Å². The van der Waals surface area contributed by atoms with E-state index in [2.05, 4.69) is 21.2 Å². The second-order valence-electron chi connectivity index (χ2n) is 6.58. The van der Waals surface area contributed by atoms with Crippen LogP contribution >= 0.6 is 39.3 Å². The minimum Gasteiger partial charge on any atom is -0.449 e. The van der Waals surface area contributed by atoms with Gasteiger partial charge in [-0.2, -0.15) is 0 Å². The number of amides is 4. The monoisotopic (exact) mass is 516 g/mol. The van der Waals surface area contributed by atoms with E-state index in [1.165, 1.54) is 17.8 Å². The molecule has 0 atom stereocenters. The summed E-state index contributed by atoms with van der Waals surface area (Å²) < 4.78 is 6.47. The molecule has 2 aromatic carbocycles. The van der Waals surface area contributed by atoms with Gasteiger partial charge in [0.05, 0.1) is 10.2 Å². The van der Waals surface area contributed by atoms with Gasteiger partial charge in [0.15, 0.2) is 5.09 Å². The first-order valence-electron chi connectivity index (χ1n) is 9.03. The highest BCUT2D eigenvalue weighted by Crippen LogP contribution is 2.37. The molecule has 4 amide bonds. The summed E-state index contributed by atoms with van der Waals surface area (Å²) in [5.74, 6) is -1.21. The van der Waals surface area contributed by atoms with E-state index in [1.807, 2.05) is 12.1 Å². The van der Waals surface area contributed by atoms with Crippen LogP contribution in [0.4, 0.5) is 10.5 Å². The third kappa shape index (κ3) is 4.46. The van der Waals surface area contributed by atoms with Crippen LogP contribution < -0.4 is 10.2 Å². The number of anilines is 1. The van der Waals surface area contributed by atoms with Crippen LogP contribution in [0.2, 0.25) is 5.02 Å². The molecule has 4 rings (SSSR count). The van der Waals surface area contributed by atoms with Crippen LogP contribution in [0.25, 0.3) is 6.08 Å². The van der Waals surface area contributed by atoms with Gasteiger partial charge >= 0.3 is 6.03 Å². The number of hydrogen-bond acceptors (Lipinski definition) is 5. The molecule has 1 fully saturated rings. The van der Waals surface area contributed by atoms with Crippen molar-refractivity contribution in [2.24, 2.45) is 0 Å². The van der Waals surface area contributed by atoms with Crippen molar-refractivity contribution in [2.45, 2.75) is 16.9 Å². The minimum absolute atomic E-state index is 0.202. The van der Waals surface area contributed by atoms with Crippen molar-refractivity contribution in [3.8, 4) is 0 Å². The fraction of sp³-hybridized carbons (Fsp3) is 0.0455. The molecule has 0 unspecified atom stereocenters. The number of carbonyl (C=O) groups excluding carboxylic acids is 3. The predicted octanol–water partition coefficient (Wildman–Crippen LogP) is 5.82. The van der Waals surface area contributed by atoms with Crippen LogP contribution in [0.1, 0.15) is 11.3 Å². The Kier molecular flexibility index (Phi) is 6.04. The Bertz CT molecular complexity index is 1240. The molecule has 156 valence electrons. The zero-order valence-electron chi connectivity index (χ0n) is 16.0. The first-order valence-corrected chi connectivity index (χ1v) is 11.0. The maximum atomic E-state index is 13.0. The van der Waals surface area contributed by atoms with Gasteiger partial charge in [-0.05, 0) is 70.9 Å². The fourth-order valence-corrected chi connectivity index (χ4v) is 4.41. The molecule has 0 bridgehead atoms. The summed E-state index contributed by atoms with van der Waals surface area (Å²) in [6.45, 7) is 1.78. The van der Waals surface area contributed by atoms with Crippen LogP contribution in [0, 0.1) is 6.92 Å². The Hall–Kier alpha value is -2.81. The first kappa shape index (κ1) is 21.4. The van der Waals surface area contributed by atoms with Gasteiger partial charge in [-0.25, -0.2) is 9.69 Å². The highest BCUT2D eigenvalue weighted by Gasteiger charge is 2.37. The molecule has 1 aromatic heterocycles. The summed E-state index contributed by atoms with van der Waals surface area (Å²) in [4.78, 5) is 39.6. The van der Waals surface area contributed by atoms with Gasteiger partial charge in [0.25, 0.3) is 11.8 Å². The van der Waals surface area contributed by atoms with E-state index in [1.54, 1.807) is 49.4 Å². The normalized spacial score (nSPS) is 15.5. The van der Waals surface area contributed by atoms with Gasteiger partial charge in [-0.3, -0.25) is 14.9 Å². The second kappa shape index (κ2) is 8.74. The Morgan fingerprint density at radius 3 is 2.52 bits per heavy atom. The Morgan fingerprint density at radius 1 is 1.10 bits per heavy atom. The van der Waals surface area contributed by atoms with Gasteiger partial charge in [-0.15, -0.1) is 0 Å². The van der Waals surface area contributed by atoms with Gasteiger partial charge < -0.3 is 4.42 Å². The molecule has 6 nitrogen and oxygen atoms in total. The number of rotatable bonds is 4. The summed E-state index contributed by atoms with van der Waals surface area (Å²) in [6, 6.07) is 15.0. The van der Waals surface area contributed by atoms with Crippen LogP contribution in [-0.2, 0) is 9.59 Å². The van der Waals surface area contributed by atoms with E-state index in [0.29, 0.717) is 26.0 Å². The average Bonchev–Trinajstić information content (AvgIpc) is 3.07. The third-order valence-electron chi connectivity index (χ3n) is 4.44. The number of benzene rings is 2. The maximum absolute atomic E-state index is 13.0. The van der Waals surface area contributed by atoms with Gasteiger partial charge in [0, 0.05) is 9.92 Å². The molecule has 0 radical (unpaired) electrons. The van der Waals surface area contributed by atoms with E-state index in [4.69, 9.17) is 16.0 Å². The molecule has 1 aliphatic heterocycles. The smallest absolute Gasteiger partial charge is 0.335 e. The number of barbiturate groups is 1. The largest absolute Gasteiger partial charge is 0.449 e. The van der Waals surface area contributed by atoms with Crippen LogP contribution in [-0.4, -0.2) is 17.8 Å². The number of urea groups is 1. The molecule has 0 spiro atoms.